The summed E-state index contributed by atoms with van der Waals surface area (Å²) in [5.74, 6) is -0.301. The highest BCUT2D eigenvalue weighted by atomic mass is 16.6. The molecule has 2 unspecified atom stereocenters. The molecule has 1 aliphatic heterocycles. The number of nitrogens with one attached hydrogen (secondary N) is 1. The van der Waals surface area contributed by atoms with Gasteiger partial charge in [-0.15, -0.1) is 0 Å². The molecule has 2 atom stereocenters. The molecule has 0 saturated carbocycles. The van der Waals surface area contributed by atoms with Crippen molar-refractivity contribution in [2.24, 2.45) is 0 Å². The maximum absolute atomic E-state index is 11.5. The quantitative estimate of drug-likeness (QED) is 0.493. The Kier molecular flexibility index (Phi) is 3.29. The lowest BCUT2D eigenvalue weighted by Crippen LogP contribution is -2.41. The van der Waals surface area contributed by atoms with Gasteiger partial charge < -0.3 is 9.84 Å². The summed E-state index contributed by atoms with van der Waals surface area (Å²) < 4.78 is 5.18. The summed E-state index contributed by atoms with van der Waals surface area (Å²) in [5, 5.41) is 11.8. The zero-order chi connectivity index (χ0) is 10.8. The summed E-state index contributed by atoms with van der Waals surface area (Å²) >= 11 is 0. The van der Waals surface area contributed by atoms with Crippen LogP contribution in [0.5, 0.6) is 0 Å². The first-order valence-electron chi connectivity index (χ1n) is 4.70. The lowest BCUT2D eigenvalue weighted by atomic mass is 10.2. The molecule has 4 heteroatoms. The fraction of sp³-hybridized carbons (Fsp3) is 0.700. The molecule has 0 aliphatic carbocycles. The number of hydrogen-bond donors (Lipinski definition) is 2. The highest BCUT2D eigenvalue weighted by Crippen LogP contribution is 2.11. The Morgan fingerprint density at radius 2 is 2.14 bits per heavy atom. The van der Waals surface area contributed by atoms with Crippen LogP contribution in [0.3, 0.4) is 0 Å². The summed E-state index contributed by atoms with van der Waals surface area (Å²) in [6, 6.07) is -0.557. The number of carbonyl (C=O) groups is 1. The average molecular weight is 199 g/mol. The Labute approximate surface area is 83.9 Å². The van der Waals surface area contributed by atoms with Gasteiger partial charge in [-0.2, -0.15) is 0 Å². The molecular formula is C10H17NO3. The molecule has 0 fully saturated rings. The summed E-state index contributed by atoms with van der Waals surface area (Å²) in [4.78, 5) is 11.5. The van der Waals surface area contributed by atoms with Gasteiger partial charge >= 0.3 is 5.97 Å². The van der Waals surface area contributed by atoms with Gasteiger partial charge in [0.1, 0.15) is 11.6 Å². The van der Waals surface area contributed by atoms with Crippen LogP contribution in [0.25, 0.3) is 0 Å². The Morgan fingerprint density at radius 3 is 2.57 bits per heavy atom. The first-order chi connectivity index (χ1) is 6.42. The third kappa shape index (κ3) is 3.12. The minimum atomic E-state index is -0.468. The first kappa shape index (κ1) is 11.2. The zero-order valence-electron chi connectivity index (χ0n) is 8.78. The van der Waals surface area contributed by atoms with Crippen molar-refractivity contribution in [2.45, 2.75) is 38.5 Å². The van der Waals surface area contributed by atoms with E-state index < -0.39 is 11.6 Å². The van der Waals surface area contributed by atoms with E-state index in [9.17, 15) is 4.79 Å². The summed E-state index contributed by atoms with van der Waals surface area (Å²) in [6.07, 6.45) is 3.49. The summed E-state index contributed by atoms with van der Waals surface area (Å²) in [6.45, 7) is 5.48. The molecule has 80 valence electrons. The largest absolute Gasteiger partial charge is 0.459 e. The van der Waals surface area contributed by atoms with Gasteiger partial charge in [0.25, 0.3) is 0 Å². The number of carbonyl (C=O) groups excluding carboxylic acids is 1. The van der Waals surface area contributed by atoms with Crippen molar-refractivity contribution in [3.8, 4) is 0 Å². The van der Waals surface area contributed by atoms with Crippen molar-refractivity contribution in [1.82, 2.24) is 5.32 Å². The van der Waals surface area contributed by atoms with Crippen molar-refractivity contribution in [2.75, 3.05) is 6.61 Å². The molecule has 1 rings (SSSR count). The summed E-state index contributed by atoms with van der Waals surface area (Å²) in [5.41, 5.74) is -0.468. The Morgan fingerprint density at radius 1 is 1.50 bits per heavy atom. The molecule has 0 aromatic rings. The fourth-order valence-corrected chi connectivity index (χ4v) is 1.21. The molecule has 4 nitrogen and oxygen atoms in total. The third-order valence-electron chi connectivity index (χ3n) is 1.79. The average Bonchev–Trinajstić information content (AvgIpc) is 2.48. The number of hydrogen-bond acceptors (Lipinski definition) is 4. The van der Waals surface area contributed by atoms with Crippen LogP contribution < -0.4 is 5.32 Å². The number of aliphatic hydroxyl groups is 1. The number of aliphatic hydroxyl groups excluding tert-OH is 1. The van der Waals surface area contributed by atoms with E-state index in [1.165, 1.54) is 0 Å². The predicted octanol–water partition coefficient (Wildman–Crippen LogP) is 0.217. The second-order valence-corrected chi connectivity index (χ2v) is 4.35. The van der Waals surface area contributed by atoms with Crippen LogP contribution in [0.1, 0.15) is 20.8 Å². The Bertz CT molecular complexity index is 242. The summed E-state index contributed by atoms with van der Waals surface area (Å²) in [7, 11) is 0. The molecule has 0 saturated heterocycles. The van der Waals surface area contributed by atoms with Gasteiger partial charge in [0.15, 0.2) is 0 Å². The van der Waals surface area contributed by atoms with Crippen molar-refractivity contribution in [1.29, 1.82) is 0 Å². The molecule has 1 heterocycles. The molecule has 0 aromatic carbocycles. The molecule has 0 radical (unpaired) electrons. The van der Waals surface area contributed by atoms with Gasteiger partial charge in [0.05, 0.1) is 6.61 Å². The molecule has 14 heavy (non-hydrogen) atoms. The van der Waals surface area contributed by atoms with E-state index in [0.29, 0.717) is 0 Å². The SMILES string of the molecule is CC(C)(C)OC(=O)C1C=CC(CO)N1. The lowest BCUT2D eigenvalue weighted by Gasteiger charge is -2.22. The smallest absolute Gasteiger partial charge is 0.327 e. The number of rotatable bonds is 2. The maximum atomic E-state index is 11.5. The Hall–Kier alpha value is -0.870. The molecular weight excluding hydrogens is 182 g/mol. The van der Waals surface area contributed by atoms with Crippen molar-refractivity contribution in [3.05, 3.63) is 12.2 Å². The monoisotopic (exact) mass is 199 g/mol. The van der Waals surface area contributed by atoms with E-state index >= 15 is 0 Å². The molecule has 0 aromatic heterocycles. The van der Waals surface area contributed by atoms with Crippen LogP contribution in [0.4, 0.5) is 0 Å². The molecule has 0 amide bonds. The van der Waals surface area contributed by atoms with Gasteiger partial charge in [-0.3, -0.25) is 5.32 Å². The normalized spacial score (nSPS) is 26.6. The zero-order valence-corrected chi connectivity index (χ0v) is 8.78. The van der Waals surface area contributed by atoms with Crippen LogP contribution in [0.2, 0.25) is 0 Å². The van der Waals surface area contributed by atoms with E-state index in [2.05, 4.69) is 5.32 Å². The van der Waals surface area contributed by atoms with Gasteiger partial charge in [0, 0.05) is 6.04 Å². The van der Waals surface area contributed by atoms with Crippen LogP contribution in [0, 0.1) is 0 Å². The maximum Gasteiger partial charge on any atom is 0.327 e. The molecule has 0 bridgehead atoms. The third-order valence-corrected chi connectivity index (χ3v) is 1.79. The van der Waals surface area contributed by atoms with Crippen LogP contribution >= 0.6 is 0 Å². The van der Waals surface area contributed by atoms with E-state index in [1.54, 1.807) is 12.2 Å². The second kappa shape index (κ2) is 4.11. The molecule has 0 spiro atoms. The van der Waals surface area contributed by atoms with Gasteiger partial charge in [-0.1, -0.05) is 12.2 Å². The van der Waals surface area contributed by atoms with Gasteiger partial charge in [0.2, 0.25) is 0 Å². The number of ether oxygens (including phenoxy) is 1. The van der Waals surface area contributed by atoms with Crippen molar-refractivity contribution < 1.29 is 14.6 Å². The second-order valence-electron chi connectivity index (χ2n) is 4.35. The lowest BCUT2D eigenvalue weighted by molar-refractivity contribution is -0.155. The van der Waals surface area contributed by atoms with Crippen LogP contribution in [-0.2, 0) is 9.53 Å². The first-order valence-corrected chi connectivity index (χ1v) is 4.70. The van der Waals surface area contributed by atoms with E-state index in [0.717, 1.165) is 0 Å². The van der Waals surface area contributed by atoms with E-state index in [1.807, 2.05) is 20.8 Å². The molecule has 1 aliphatic rings. The predicted molar refractivity (Wildman–Crippen MR) is 52.8 cm³/mol. The topological polar surface area (TPSA) is 58.6 Å². The standard InChI is InChI=1S/C10H17NO3/c1-10(2,3)14-9(13)8-5-4-7(6-12)11-8/h4-5,7-8,11-12H,6H2,1-3H3. The minimum Gasteiger partial charge on any atom is -0.459 e. The minimum absolute atomic E-state index is 0.00417. The fourth-order valence-electron chi connectivity index (χ4n) is 1.21. The highest BCUT2D eigenvalue weighted by molar-refractivity contribution is 5.79. The van der Waals surface area contributed by atoms with Gasteiger partial charge in [-0.05, 0) is 20.8 Å². The van der Waals surface area contributed by atoms with Crippen molar-refractivity contribution >= 4 is 5.97 Å². The highest BCUT2D eigenvalue weighted by Gasteiger charge is 2.27. The van der Waals surface area contributed by atoms with Gasteiger partial charge in [-0.25, -0.2) is 4.79 Å². The molecule has 2 N–H and O–H groups in total. The van der Waals surface area contributed by atoms with Crippen LogP contribution in [-0.4, -0.2) is 35.4 Å². The Balaban J connectivity index is 2.45. The van der Waals surface area contributed by atoms with E-state index in [-0.39, 0.29) is 18.6 Å². The number of esters is 1. The van der Waals surface area contributed by atoms with Crippen molar-refractivity contribution in [3.63, 3.8) is 0 Å². The van der Waals surface area contributed by atoms with E-state index in [4.69, 9.17) is 9.84 Å². The van der Waals surface area contributed by atoms with Crippen LogP contribution in [0.15, 0.2) is 12.2 Å².